The van der Waals surface area contributed by atoms with Crippen molar-refractivity contribution < 1.29 is 18.8 Å². The van der Waals surface area contributed by atoms with E-state index in [0.29, 0.717) is 4.90 Å². The minimum Gasteiger partial charge on any atom is -0.387 e. The highest BCUT2D eigenvalue weighted by atomic mass is 32.2. The molecule has 0 spiro atoms. The fourth-order valence-corrected chi connectivity index (χ4v) is 2.83. The van der Waals surface area contributed by atoms with Gasteiger partial charge in [0.2, 0.25) is 0 Å². The largest absolute Gasteiger partial charge is 0.387 e. The summed E-state index contributed by atoms with van der Waals surface area (Å²) in [6.45, 7) is 3.68. The van der Waals surface area contributed by atoms with Gasteiger partial charge in [0, 0.05) is 19.1 Å². The van der Waals surface area contributed by atoms with Crippen molar-refractivity contribution in [3.8, 4) is 0 Å². The lowest BCUT2D eigenvalue weighted by Crippen LogP contribution is -2.40. The molecule has 0 heterocycles. The minimum absolute atomic E-state index is 0.474. The summed E-state index contributed by atoms with van der Waals surface area (Å²) in [4.78, 5) is 0.693. The molecule has 0 radical (unpaired) electrons. The lowest BCUT2D eigenvalue weighted by atomic mass is 10.2. The minimum atomic E-state index is -1.30. The predicted molar refractivity (Wildman–Crippen MR) is 70.9 cm³/mol. The standard InChI is InChI=1S/C13H20O4S/c1-9-5-7-11(8-6-9)18(15)10(2)12(14)13(16-3)17-4/h5-8,10,12-14H,1-4H3/t10-,12+,18?/m1/s1. The van der Waals surface area contributed by atoms with Crippen molar-refractivity contribution in [3.05, 3.63) is 29.8 Å². The van der Waals surface area contributed by atoms with Gasteiger partial charge in [0.25, 0.3) is 0 Å². The zero-order valence-electron chi connectivity index (χ0n) is 11.1. The van der Waals surface area contributed by atoms with E-state index in [1.165, 1.54) is 14.2 Å². The van der Waals surface area contributed by atoms with Crippen molar-refractivity contribution >= 4 is 10.8 Å². The number of aryl methyl sites for hydroxylation is 1. The molecule has 4 nitrogen and oxygen atoms in total. The Morgan fingerprint density at radius 3 is 2.11 bits per heavy atom. The molecule has 5 heteroatoms. The van der Waals surface area contributed by atoms with Crippen LogP contribution in [0.4, 0.5) is 0 Å². The van der Waals surface area contributed by atoms with Crippen LogP contribution in [0.15, 0.2) is 29.2 Å². The molecular formula is C13H20O4S. The Morgan fingerprint density at radius 1 is 1.17 bits per heavy atom. The summed E-state index contributed by atoms with van der Waals surface area (Å²) in [6, 6.07) is 7.42. The van der Waals surface area contributed by atoms with Crippen LogP contribution in [0.2, 0.25) is 0 Å². The molecular weight excluding hydrogens is 252 g/mol. The van der Waals surface area contributed by atoms with Gasteiger partial charge >= 0.3 is 0 Å². The van der Waals surface area contributed by atoms with E-state index in [2.05, 4.69) is 0 Å². The van der Waals surface area contributed by atoms with E-state index >= 15 is 0 Å². The van der Waals surface area contributed by atoms with E-state index < -0.39 is 28.4 Å². The molecule has 102 valence electrons. The summed E-state index contributed by atoms with van der Waals surface area (Å²) >= 11 is 0. The second-order valence-electron chi connectivity index (χ2n) is 4.15. The average Bonchev–Trinajstić information content (AvgIpc) is 2.39. The summed E-state index contributed by atoms with van der Waals surface area (Å²) in [5.41, 5.74) is 1.11. The molecule has 0 aliphatic carbocycles. The van der Waals surface area contributed by atoms with Crippen LogP contribution in [-0.2, 0) is 20.3 Å². The van der Waals surface area contributed by atoms with Gasteiger partial charge in [-0.3, -0.25) is 4.21 Å². The molecule has 1 aromatic rings. The van der Waals surface area contributed by atoms with Crippen molar-refractivity contribution in [2.75, 3.05) is 14.2 Å². The van der Waals surface area contributed by atoms with Crippen LogP contribution >= 0.6 is 0 Å². The molecule has 0 amide bonds. The Balaban J connectivity index is 2.80. The van der Waals surface area contributed by atoms with E-state index in [1.54, 1.807) is 6.92 Å². The third kappa shape index (κ3) is 3.62. The average molecular weight is 272 g/mol. The van der Waals surface area contributed by atoms with Crippen molar-refractivity contribution in [1.29, 1.82) is 0 Å². The van der Waals surface area contributed by atoms with E-state index in [9.17, 15) is 9.32 Å². The van der Waals surface area contributed by atoms with E-state index in [0.717, 1.165) is 5.56 Å². The summed E-state index contributed by atoms with van der Waals surface area (Å²) in [5, 5.41) is 9.55. The van der Waals surface area contributed by atoms with Gasteiger partial charge in [-0.1, -0.05) is 17.7 Å². The summed E-state index contributed by atoms with van der Waals surface area (Å²) in [5.74, 6) is 0. The number of rotatable bonds is 6. The zero-order chi connectivity index (χ0) is 13.7. The molecule has 1 N–H and O–H groups in total. The van der Waals surface area contributed by atoms with Crippen molar-refractivity contribution in [3.63, 3.8) is 0 Å². The smallest absolute Gasteiger partial charge is 0.183 e. The fourth-order valence-electron chi connectivity index (χ4n) is 1.61. The summed E-state index contributed by atoms with van der Waals surface area (Å²) in [7, 11) is 1.59. The highest BCUT2D eigenvalue weighted by Gasteiger charge is 2.29. The van der Waals surface area contributed by atoms with Crippen LogP contribution in [0.1, 0.15) is 12.5 Å². The Kier molecular flexibility index (Phi) is 5.95. The molecule has 0 aromatic heterocycles. The molecule has 3 atom stereocenters. The van der Waals surface area contributed by atoms with E-state index in [1.807, 2.05) is 31.2 Å². The van der Waals surface area contributed by atoms with E-state index in [-0.39, 0.29) is 0 Å². The van der Waals surface area contributed by atoms with Crippen LogP contribution < -0.4 is 0 Å². The molecule has 1 unspecified atom stereocenters. The Labute approximate surface area is 110 Å². The van der Waals surface area contributed by atoms with Gasteiger partial charge in [-0.05, 0) is 26.0 Å². The quantitative estimate of drug-likeness (QED) is 0.797. The van der Waals surface area contributed by atoms with Gasteiger partial charge < -0.3 is 14.6 Å². The number of hydrogen-bond acceptors (Lipinski definition) is 4. The van der Waals surface area contributed by atoms with Crippen LogP contribution in [0.5, 0.6) is 0 Å². The maximum atomic E-state index is 12.3. The number of ether oxygens (including phenoxy) is 2. The topological polar surface area (TPSA) is 55.8 Å². The predicted octanol–water partition coefficient (Wildman–Crippen LogP) is 1.47. The first-order valence-electron chi connectivity index (χ1n) is 5.72. The number of aliphatic hydroxyl groups is 1. The highest BCUT2D eigenvalue weighted by molar-refractivity contribution is 7.85. The molecule has 0 saturated heterocycles. The maximum absolute atomic E-state index is 12.3. The van der Waals surface area contributed by atoms with Crippen LogP contribution in [0.3, 0.4) is 0 Å². The molecule has 1 aromatic carbocycles. The second-order valence-corrected chi connectivity index (χ2v) is 5.96. The summed E-state index contributed by atoms with van der Waals surface area (Å²) in [6.07, 6.45) is -1.71. The van der Waals surface area contributed by atoms with Crippen molar-refractivity contribution in [2.24, 2.45) is 0 Å². The number of methoxy groups -OCH3 is 2. The third-order valence-electron chi connectivity index (χ3n) is 2.82. The molecule has 0 saturated carbocycles. The normalized spacial score (nSPS) is 16.6. The Hall–Kier alpha value is -0.750. The monoisotopic (exact) mass is 272 g/mol. The first kappa shape index (κ1) is 15.3. The molecule has 1 rings (SSSR count). The first-order chi connectivity index (χ1) is 8.51. The lowest BCUT2D eigenvalue weighted by molar-refractivity contribution is -0.162. The highest BCUT2D eigenvalue weighted by Crippen LogP contribution is 2.17. The zero-order valence-corrected chi connectivity index (χ0v) is 11.9. The lowest BCUT2D eigenvalue weighted by Gasteiger charge is -2.24. The first-order valence-corrected chi connectivity index (χ1v) is 6.93. The molecule has 0 aliphatic heterocycles. The number of hydrogen-bond donors (Lipinski definition) is 1. The fraction of sp³-hybridized carbons (Fsp3) is 0.538. The van der Waals surface area contributed by atoms with Gasteiger partial charge in [0.1, 0.15) is 6.10 Å². The van der Waals surface area contributed by atoms with E-state index in [4.69, 9.17) is 9.47 Å². The van der Waals surface area contributed by atoms with Crippen LogP contribution in [0, 0.1) is 6.92 Å². The summed E-state index contributed by atoms with van der Waals surface area (Å²) < 4.78 is 22.2. The number of aliphatic hydroxyl groups excluding tert-OH is 1. The van der Waals surface area contributed by atoms with Gasteiger partial charge in [-0.15, -0.1) is 0 Å². The van der Waals surface area contributed by atoms with Crippen molar-refractivity contribution in [1.82, 2.24) is 0 Å². The molecule has 0 fully saturated rings. The maximum Gasteiger partial charge on any atom is 0.183 e. The SMILES string of the molecule is COC(OC)[C@@H](O)[C@@H](C)S(=O)c1ccc(C)cc1. The molecule has 0 bridgehead atoms. The van der Waals surface area contributed by atoms with Gasteiger partial charge in [-0.2, -0.15) is 0 Å². The second kappa shape index (κ2) is 6.99. The van der Waals surface area contributed by atoms with Crippen LogP contribution in [0.25, 0.3) is 0 Å². The van der Waals surface area contributed by atoms with Gasteiger partial charge in [0.15, 0.2) is 6.29 Å². The Bertz CT molecular complexity index is 386. The van der Waals surface area contributed by atoms with Crippen LogP contribution in [-0.4, -0.2) is 41.2 Å². The molecule has 18 heavy (non-hydrogen) atoms. The van der Waals surface area contributed by atoms with Gasteiger partial charge in [0.05, 0.1) is 16.0 Å². The molecule has 0 aliphatic rings. The van der Waals surface area contributed by atoms with Crippen molar-refractivity contribution in [2.45, 2.75) is 36.4 Å². The third-order valence-corrected chi connectivity index (χ3v) is 4.51. The number of benzene rings is 1. The Morgan fingerprint density at radius 2 is 1.67 bits per heavy atom. The van der Waals surface area contributed by atoms with Gasteiger partial charge in [-0.25, -0.2) is 0 Å².